The Morgan fingerprint density at radius 1 is 1.00 bits per heavy atom. The van der Waals surface area contributed by atoms with Crippen LogP contribution in [0, 0.1) is 6.92 Å². The van der Waals surface area contributed by atoms with Gasteiger partial charge in [0.1, 0.15) is 6.73 Å². The summed E-state index contributed by atoms with van der Waals surface area (Å²) < 4.78 is 7.99. The number of fused-ring (bicyclic) bond motifs is 1. The Balaban J connectivity index is 1.69. The van der Waals surface area contributed by atoms with Crippen LogP contribution in [0.2, 0.25) is 25.7 Å². The molecule has 0 aliphatic carbocycles. The zero-order chi connectivity index (χ0) is 22.6. The fourth-order valence-corrected chi connectivity index (χ4v) is 4.38. The van der Waals surface area contributed by atoms with Crippen molar-refractivity contribution in [2.45, 2.75) is 39.3 Å². The van der Waals surface area contributed by atoms with E-state index in [2.05, 4.69) is 74.0 Å². The molecule has 4 aromatic rings. The summed E-state index contributed by atoms with van der Waals surface area (Å²) in [5.41, 5.74) is 6.68. The number of aromatic nitrogens is 3. The summed E-state index contributed by atoms with van der Waals surface area (Å²) in [5.74, 6) is 0. The molecule has 164 valence electrons. The van der Waals surface area contributed by atoms with Crippen LogP contribution in [0.1, 0.15) is 16.8 Å². The lowest BCUT2D eigenvalue weighted by atomic mass is 10.0. The SMILES string of the molecule is Cc1ccncc1-c1ccc2c(c1)c(C=Cc1ccccc1)nn2COCC[Si](C)(C)C. The Labute approximate surface area is 191 Å². The molecule has 0 fully saturated rings. The van der Waals surface area contributed by atoms with E-state index >= 15 is 0 Å². The molecule has 2 heterocycles. The summed E-state index contributed by atoms with van der Waals surface area (Å²) in [6, 6.07) is 20.0. The van der Waals surface area contributed by atoms with Crippen molar-refractivity contribution in [1.29, 1.82) is 0 Å². The van der Waals surface area contributed by atoms with Crippen molar-refractivity contribution in [2.24, 2.45) is 0 Å². The van der Waals surface area contributed by atoms with Gasteiger partial charge in [-0.25, -0.2) is 4.68 Å². The van der Waals surface area contributed by atoms with Crippen LogP contribution in [0.4, 0.5) is 0 Å². The summed E-state index contributed by atoms with van der Waals surface area (Å²) in [7, 11) is -1.12. The minimum absolute atomic E-state index is 0.464. The smallest absolute Gasteiger partial charge is 0.140 e. The molecular weight excluding hydrogens is 410 g/mol. The highest BCUT2D eigenvalue weighted by Gasteiger charge is 2.14. The van der Waals surface area contributed by atoms with Crippen LogP contribution in [-0.4, -0.2) is 29.4 Å². The highest BCUT2D eigenvalue weighted by atomic mass is 28.3. The maximum absolute atomic E-state index is 6.02. The molecular formula is C27H31N3OSi. The predicted molar refractivity (Wildman–Crippen MR) is 137 cm³/mol. The molecule has 0 atom stereocenters. The Morgan fingerprint density at radius 3 is 2.56 bits per heavy atom. The molecule has 4 rings (SSSR count). The highest BCUT2D eigenvalue weighted by molar-refractivity contribution is 6.76. The Bertz CT molecular complexity index is 1220. The fourth-order valence-electron chi connectivity index (χ4n) is 3.63. The Morgan fingerprint density at radius 2 is 1.81 bits per heavy atom. The third-order valence-electron chi connectivity index (χ3n) is 5.57. The molecule has 0 aliphatic heterocycles. The van der Waals surface area contributed by atoms with E-state index in [4.69, 9.17) is 9.84 Å². The van der Waals surface area contributed by atoms with Crippen LogP contribution >= 0.6 is 0 Å². The van der Waals surface area contributed by atoms with Crippen LogP contribution in [0.15, 0.2) is 67.0 Å². The molecule has 0 radical (unpaired) electrons. The zero-order valence-corrected chi connectivity index (χ0v) is 20.4. The highest BCUT2D eigenvalue weighted by Crippen LogP contribution is 2.29. The number of nitrogens with zero attached hydrogens (tertiary/aromatic N) is 3. The van der Waals surface area contributed by atoms with Crippen molar-refractivity contribution in [2.75, 3.05) is 6.61 Å². The number of pyridine rings is 1. The molecule has 0 aliphatic rings. The summed E-state index contributed by atoms with van der Waals surface area (Å²) >= 11 is 0. The van der Waals surface area contributed by atoms with Crippen LogP contribution in [0.3, 0.4) is 0 Å². The minimum atomic E-state index is -1.12. The third kappa shape index (κ3) is 5.42. The first-order chi connectivity index (χ1) is 15.4. The van der Waals surface area contributed by atoms with Gasteiger partial charge in [0.15, 0.2) is 0 Å². The van der Waals surface area contributed by atoms with E-state index in [1.165, 1.54) is 5.56 Å². The molecule has 5 heteroatoms. The van der Waals surface area contributed by atoms with Gasteiger partial charge in [0, 0.05) is 38.0 Å². The van der Waals surface area contributed by atoms with Gasteiger partial charge in [-0.1, -0.05) is 62.1 Å². The molecule has 32 heavy (non-hydrogen) atoms. The number of rotatable bonds is 8. The van der Waals surface area contributed by atoms with Gasteiger partial charge >= 0.3 is 0 Å². The van der Waals surface area contributed by atoms with Gasteiger partial charge in [-0.3, -0.25) is 4.98 Å². The number of hydrogen-bond donors (Lipinski definition) is 0. The van der Waals surface area contributed by atoms with Crippen molar-refractivity contribution >= 4 is 31.1 Å². The van der Waals surface area contributed by atoms with E-state index in [0.29, 0.717) is 6.73 Å². The third-order valence-corrected chi connectivity index (χ3v) is 7.28. The first-order valence-electron chi connectivity index (χ1n) is 11.1. The molecule has 0 saturated carbocycles. The van der Waals surface area contributed by atoms with E-state index in [1.54, 1.807) is 0 Å². The minimum Gasteiger partial charge on any atom is -0.360 e. The second-order valence-corrected chi connectivity index (χ2v) is 15.0. The largest absolute Gasteiger partial charge is 0.360 e. The van der Waals surface area contributed by atoms with Crippen molar-refractivity contribution in [3.05, 3.63) is 83.8 Å². The summed E-state index contributed by atoms with van der Waals surface area (Å²) in [6.45, 7) is 10.5. The maximum atomic E-state index is 6.02. The standard InChI is InChI=1S/C27H31N3OSi/c1-21-14-15-28-19-25(21)23-11-13-27-24(18-23)26(12-10-22-8-6-5-7-9-22)29-30(27)20-31-16-17-32(2,3)4/h5-15,18-19H,16-17,20H2,1-4H3. The normalized spacial score (nSPS) is 12.1. The van der Waals surface area contributed by atoms with Crippen LogP contribution in [-0.2, 0) is 11.5 Å². The van der Waals surface area contributed by atoms with Crippen LogP contribution < -0.4 is 0 Å². The number of ether oxygens (including phenoxy) is 1. The van der Waals surface area contributed by atoms with E-state index in [-0.39, 0.29) is 0 Å². The van der Waals surface area contributed by atoms with E-state index in [9.17, 15) is 0 Å². The van der Waals surface area contributed by atoms with Gasteiger partial charge in [0.2, 0.25) is 0 Å². The average Bonchev–Trinajstić information content (AvgIpc) is 3.12. The van der Waals surface area contributed by atoms with Crippen LogP contribution in [0.5, 0.6) is 0 Å². The predicted octanol–water partition coefficient (Wildman–Crippen LogP) is 6.89. The zero-order valence-electron chi connectivity index (χ0n) is 19.4. The molecule has 2 aromatic carbocycles. The summed E-state index contributed by atoms with van der Waals surface area (Å²) in [4.78, 5) is 4.32. The lowest BCUT2D eigenvalue weighted by molar-refractivity contribution is 0.0816. The van der Waals surface area contributed by atoms with E-state index in [0.717, 1.165) is 45.9 Å². The monoisotopic (exact) mass is 441 g/mol. The topological polar surface area (TPSA) is 39.9 Å². The number of hydrogen-bond acceptors (Lipinski definition) is 3. The molecule has 0 saturated heterocycles. The van der Waals surface area contributed by atoms with Gasteiger partial charge < -0.3 is 4.74 Å². The molecule has 0 unspecified atom stereocenters. The lowest BCUT2D eigenvalue weighted by Crippen LogP contribution is -2.22. The van der Waals surface area contributed by atoms with E-state index < -0.39 is 8.07 Å². The number of benzene rings is 2. The van der Waals surface area contributed by atoms with Gasteiger partial charge in [0.05, 0.1) is 11.2 Å². The summed E-state index contributed by atoms with van der Waals surface area (Å²) in [5, 5.41) is 6.01. The van der Waals surface area contributed by atoms with Crippen molar-refractivity contribution < 1.29 is 4.74 Å². The van der Waals surface area contributed by atoms with Gasteiger partial charge in [-0.05, 0) is 53.9 Å². The second kappa shape index (κ2) is 9.63. The lowest BCUT2D eigenvalue weighted by Gasteiger charge is -2.15. The van der Waals surface area contributed by atoms with E-state index in [1.807, 2.05) is 41.3 Å². The molecule has 0 spiro atoms. The molecule has 4 nitrogen and oxygen atoms in total. The van der Waals surface area contributed by atoms with Crippen molar-refractivity contribution in [3.8, 4) is 11.1 Å². The van der Waals surface area contributed by atoms with Gasteiger partial charge in [-0.15, -0.1) is 0 Å². The second-order valence-electron chi connectivity index (χ2n) is 9.40. The van der Waals surface area contributed by atoms with Gasteiger partial charge in [-0.2, -0.15) is 5.10 Å². The maximum Gasteiger partial charge on any atom is 0.140 e. The molecule has 0 bridgehead atoms. The van der Waals surface area contributed by atoms with Crippen molar-refractivity contribution in [3.63, 3.8) is 0 Å². The quantitative estimate of drug-likeness (QED) is 0.221. The number of aryl methyl sites for hydroxylation is 1. The first-order valence-corrected chi connectivity index (χ1v) is 14.8. The fraction of sp³-hybridized carbons (Fsp3) is 0.259. The Hall–Kier alpha value is -3.02. The summed E-state index contributed by atoms with van der Waals surface area (Å²) in [6.07, 6.45) is 7.97. The van der Waals surface area contributed by atoms with Crippen LogP contribution in [0.25, 0.3) is 34.2 Å². The molecule has 2 aromatic heterocycles. The molecule has 0 N–H and O–H groups in total. The Kier molecular flexibility index (Phi) is 6.68. The molecule has 0 amide bonds. The average molecular weight is 442 g/mol. The van der Waals surface area contributed by atoms with Crippen molar-refractivity contribution in [1.82, 2.24) is 14.8 Å². The first kappa shape index (κ1) is 22.2. The van der Waals surface area contributed by atoms with Gasteiger partial charge in [0.25, 0.3) is 0 Å².